The van der Waals surface area contributed by atoms with Crippen LogP contribution in [0, 0.1) is 0 Å². The molecule has 0 aromatic carbocycles. The third kappa shape index (κ3) is 4.06. The van der Waals surface area contributed by atoms with Crippen LogP contribution in [0.1, 0.15) is 26.2 Å². The summed E-state index contributed by atoms with van der Waals surface area (Å²) in [5, 5.41) is 8.80. The van der Waals surface area contributed by atoms with Gasteiger partial charge in [0.05, 0.1) is 0 Å². The molecule has 0 amide bonds. The average molecular weight is 242 g/mol. The number of hydrogen-bond acceptors (Lipinski definition) is 4. The number of unbranched alkanes of at least 4 members (excludes halogenated alkanes) is 1. The van der Waals surface area contributed by atoms with Gasteiger partial charge < -0.3 is 10.1 Å². The Kier molecular flexibility index (Phi) is 5.04. The van der Waals surface area contributed by atoms with E-state index in [1.807, 2.05) is 6.92 Å². The van der Waals surface area contributed by atoms with Gasteiger partial charge in [0.25, 0.3) is 5.56 Å². The summed E-state index contributed by atoms with van der Waals surface area (Å²) in [6.45, 7) is 2.01. The molecule has 2 N–H and O–H groups in total. The van der Waals surface area contributed by atoms with Gasteiger partial charge in [-0.15, -0.1) is 0 Å². The molecular formula is C10H14N2O3S. The minimum Gasteiger partial charge on any atom is -0.480 e. The first-order valence-corrected chi connectivity index (χ1v) is 5.96. The molecule has 88 valence electrons. The fraction of sp³-hybridized carbons (Fsp3) is 0.500. The molecule has 5 nitrogen and oxygen atoms in total. The Morgan fingerprint density at radius 3 is 3.00 bits per heavy atom. The molecule has 1 rings (SSSR count). The van der Waals surface area contributed by atoms with Crippen molar-refractivity contribution < 1.29 is 9.90 Å². The third-order valence-electron chi connectivity index (χ3n) is 2.00. The number of thioether (sulfide) groups is 1. The molecule has 1 unspecified atom stereocenters. The number of aromatic nitrogens is 2. The molecule has 1 aromatic rings. The van der Waals surface area contributed by atoms with Crippen molar-refractivity contribution in [1.29, 1.82) is 0 Å². The van der Waals surface area contributed by atoms with E-state index in [4.69, 9.17) is 5.11 Å². The molecule has 0 aliphatic heterocycles. The Labute approximate surface area is 97.3 Å². The normalized spacial score (nSPS) is 12.3. The zero-order chi connectivity index (χ0) is 12.0. The molecule has 0 spiro atoms. The predicted octanol–water partition coefficient (Wildman–Crippen LogP) is 1.51. The summed E-state index contributed by atoms with van der Waals surface area (Å²) in [6, 6.07) is 1.30. The zero-order valence-electron chi connectivity index (χ0n) is 8.97. The molecule has 0 fully saturated rings. The Balaban J connectivity index is 2.67. The van der Waals surface area contributed by atoms with Gasteiger partial charge in [0, 0.05) is 12.3 Å². The van der Waals surface area contributed by atoms with Crippen LogP contribution in [0.3, 0.4) is 0 Å². The van der Waals surface area contributed by atoms with Gasteiger partial charge in [-0.1, -0.05) is 31.5 Å². The predicted molar refractivity (Wildman–Crippen MR) is 61.7 cm³/mol. The van der Waals surface area contributed by atoms with E-state index in [0.29, 0.717) is 11.6 Å². The summed E-state index contributed by atoms with van der Waals surface area (Å²) < 4.78 is 0. The largest absolute Gasteiger partial charge is 0.480 e. The third-order valence-corrected chi connectivity index (χ3v) is 3.15. The minimum atomic E-state index is -0.870. The van der Waals surface area contributed by atoms with Crippen molar-refractivity contribution in [3.8, 4) is 0 Å². The fourth-order valence-corrected chi connectivity index (χ4v) is 2.11. The number of hydrogen-bond donors (Lipinski definition) is 2. The van der Waals surface area contributed by atoms with E-state index in [2.05, 4.69) is 9.97 Å². The Morgan fingerprint density at radius 2 is 2.44 bits per heavy atom. The number of aliphatic carboxylic acids is 1. The topological polar surface area (TPSA) is 83.0 Å². The summed E-state index contributed by atoms with van der Waals surface area (Å²) >= 11 is 1.08. The number of carboxylic acid groups (broad SMARTS) is 1. The molecule has 1 heterocycles. The second kappa shape index (κ2) is 6.32. The molecule has 0 aliphatic rings. The van der Waals surface area contributed by atoms with Crippen molar-refractivity contribution in [3.05, 3.63) is 22.6 Å². The first kappa shape index (κ1) is 12.8. The van der Waals surface area contributed by atoms with E-state index in [1.165, 1.54) is 12.3 Å². The van der Waals surface area contributed by atoms with E-state index >= 15 is 0 Å². The monoisotopic (exact) mass is 242 g/mol. The molecule has 0 saturated carbocycles. The van der Waals surface area contributed by atoms with Crippen LogP contribution < -0.4 is 5.56 Å². The van der Waals surface area contributed by atoms with Crippen LogP contribution in [0.2, 0.25) is 0 Å². The minimum absolute atomic E-state index is 0.267. The number of carboxylic acids is 1. The summed E-state index contributed by atoms with van der Waals surface area (Å²) in [7, 11) is 0. The molecule has 1 aromatic heterocycles. The summed E-state index contributed by atoms with van der Waals surface area (Å²) in [6.07, 6.45) is 3.75. The molecular weight excluding hydrogens is 228 g/mol. The van der Waals surface area contributed by atoms with Gasteiger partial charge in [-0.25, -0.2) is 4.98 Å². The van der Waals surface area contributed by atoms with Crippen molar-refractivity contribution >= 4 is 17.7 Å². The highest BCUT2D eigenvalue weighted by atomic mass is 32.2. The van der Waals surface area contributed by atoms with Crippen LogP contribution in [-0.2, 0) is 4.79 Å². The summed E-state index contributed by atoms with van der Waals surface area (Å²) in [5.41, 5.74) is -0.267. The molecule has 6 heteroatoms. The second-order valence-corrected chi connectivity index (χ2v) is 4.52. The van der Waals surface area contributed by atoms with Gasteiger partial charge in [0.15, 0.2) is 5.16 Å². The maximum absolute atomic E-state index is 11.0. The van der Waals surface area contributed by atoms with Crippen molar-refractivity contribution in [1.82, 2.24) is 9.97 Å². The zero-order valence-corrected chi connectivity index (χ0v) is 9.79. The van der Waals surface area contributed by atoms with Crippen LogP contribution in [0.4, 0.5) is 0 Å². The quantitative estimate of drug-likeness (QED) is 0.583. The lowest BCUT2D eigenvalue weighted by atomic mass is 10.2. The molecule has 0 aliphatic carbocycles. The van der Waals surface area contributed by atoms with E-state index < -0.39 is 11.2 Å². The van der Waals surface area contributed by atoms with E-state index in [-0.39, 0.29) is 5.56 Å². The fourth-order valence-electron chi connectivity index (χ4n) is 1.17. The lowest BCUT2D eigenvalue weighted by Gasteiger charge is -2.09. The summed E-state index contributed by atoms with van der Waals surface area (Å²) in [5.74, 6) is -0.870. The SMILES string of the molecule is CCCCC(Sc1nccc(=O)[nH]1)C(=O)O. The maximum atomic E-state index is 11.0. The van der Waals surface area contributed by atoms with Gasteiger partial charge in [0.2, 0.25) is 0 Å². The number of aromatic amines is 1. The second-order valence-electron chi connectivity index (χ2n) is 3.33. The number of H-pyrrole nitrogens is 1. The molecule has 16 heavy (non-hydrogen) atoms. The number of nitrogens with zero attached hydrogens (tertiary/aromatic N) is 1. The van der Waals surface area contributed by atoms with E-state index in [1.54, 1.807) is 0 Å². The van der Waals surface area contributed by atoms with Gasteiger partial charge >= 0.3 is 5.97 Å². The smallest absolute Gasteiger partial charge is 0.317 e. The first-order chi connectivity index (χ1) is 7.63. The Hall–Kier alpha value is -1.30. The number of rotatable bonds is 6. The molecule has 0 radical (unpaired) electrons. The van der Waals surface area contributed by atoms with E-state index in [9.17, 15) is 9.59 Å². The number of nitrogens with one attached hydrogen (secondary N) is 1. The standard InChI is InChI=1S/C10H14N2O3S/c1-2-3-4-7(9(14)15)16-10-11-6-5-8(13)12-10/h5-7H,2-4H2,1H3,(H,14,15)(H,11,12,13). The van der Waals surface area contributed by atoms with Crippen molar-refractivity contribution in [2.24, 2.45) is 0 Å². The van der Waals surface area contributed by atoms with Gasteiger partial charge in [0.1, 0.15) is 5.25 Å². The maximum Gasteiger partial charge on any atom is 0.317 e. The van der Waals surface area contributed by atoms with Crippen molar-refractivity contribution in [2.45, 2.75) is 36.6 Å². The van der Waals surface area contributed by atoms with Crippen LogP contribution >= 0.6 is 11.8 Å². The molecule has 1 atom stereocenters. The van der Waals surface area contributed by atoms with Crippen molar-refractivity contribution in [3.63, 3.8) is 0 Å². The Bertz CT molecular complexity index is 405. The highest BCUT2D eigenvalue weighted by Gasteiger charge is 2.19. The van der Waals surface area contributed by atoms with Gasteiger partial charge in [-0.05, 0) is 6.42 Å². The van der Waals surface area contributed by atoms with Crippen LogP contribution in [0.5, 0.6) is 0 Å². The van der Waals surface area contributed by atoms with Crippen LogP contribution in [0.25, 0.3) is 0 Å². The van der Waals surface area contributed by atoms with Gasteiger partial charge in [-0.3, -0.25) is 9.59 Å². The van der Waals surface area contributed by atoms with E-state index in [0.717, 1.165) is 24.6 Å². The lowest BCUT2D eigenvalue weighted by Crippen LogP contribution is -2.17. The Morgan fingerprint density at radius 1 is 1.69 bits per heavy atom. The van der Waals surface area contributed by atoms with Crippen molar-refractivity contribution in [2.75, 3.05) is 0 Å². The molecule has 0 bridgehead atoms. The highest BCUT2D eigenvalue weighted by molar-refractivity contribution is 8.00. The first-order valence-electron chi connectivity index (χ1n) is 5.08. The molecule has 0 saturated heterocycles. The van der Waals surface area contributed by atoms with Gasteiger partial charge in [-0.2, -0.15) is 0 Å². The highest BCUT2D eigenvalue weighted by Crippen LogP contribution is 2.22. The number of carbonyl (C=O) groups is 1. The lowest BCUT2D eigenvalue weighted by molar-refractivity contribution is -0.136. The van der Waals surface area contributed by atoms with Crippen LogP contribution in [-0.4, -0.2) is 26.3 Å². The van der Waals surface area contributed by atoms with Crippen LogP contribution in [0.15, 0.2) is 22.2 Å². The summed E-state index contributed by atoms with van der Waals surface area (Å²) in [4.78, 5) is 28.4. The average Bonchev–Trinajstić information content (AvgIpc) is 2.24.